The van der Waals surface area contributed by atoms with Crippen LogP contribution in [0.4, 0.5) is 0 Å². The van der Waals surface area contributed by atoms with Gasteiger partial charge in [-0.3, -0.25) is 0 Å². The molecule has 1 aliphatic rings. The minimum atomic E-state index is 0.634. The molecule has 0 unspecified atom stereocenters. The molecule has 0 saturated carbocycles. The summed E-state index contributed by atoms with van der Waals surface area (Å²) in [7, 11) is 3.25. The van der Waals surface area contributed by atoms with Gasteiger partial charge in [-0.25, -0.2) is 0 Å². The van der Waals surface area contributed by atoms with Crippen LogP contribution in [0.3, 0.4) is 0 Å². The van der Waals surface area contributed by atoms with Crippen molar-refractivity contribution in [3.63, 3.8) is 0 Å². The molecule has 3 aromatic rings. The fourth-order valence-electron chi connectivity index (χ4n) is 2.93. The number of methoxy groups -OCH3 is 2. The van der Waals surface area contributed by atoms with Crippen molar-refractivity contribution < 1.29 is 14.2 Å². The topological polar surface area (TPSA) is 70.8 Å². The molecule has 0 aliphatic carbocycles. The average molecular weight is 396 g/mol. The van der Waals surface area contributed by atoms with Gasteiger partial charge in [0.15, 0.2) is 17.3 Å². The van der Waals surface area contributed by atoms with Crippen LogP contribution in [0, 0.1) is 0 Å². The number of fused-ring (bicyclic) bond motifs is 1. The summed E-state index contributed by atoms with van der Waals surface area (Å²) in [6, 6.07) is 13.6. The second-order valence-electron chi connectivity index (χ2n) is 5.98. The maximum absolute atomic E-state index is 5.51. The van der Waals surface area contributed by atoms with Crippen molar-refractivity contribution in [3.8, 4) is 28.6 Å². The number of nitrogens with zero attached hydrogens (tertiary/aromatic N) is 4. The quantitative estimate of drug-likeness (QED) is 0.632. The lowest BCUT2D eigenvalue weighted by Crippen LogP contribution is -2.14. The van der Waals surface area contributed by atoms with E-state index in [1.54, 1.807) is 30.7 Å². The molecule has 0 radical (unpaired) electrons. The molecule has 0 saturated heterocycles. The normalized spacial score (nSPS) is 12.9. The largest absolute Gasteiger partial charge is 0.494 e. The number of hydrogen-bond acceptors (Lipinski definition) is 7. The van der Waals surface area contributed by atoms with Gasteiger partial charge in [0.25, 0.3) is 0 Å². The van der Waals surface area contributed by atoms with Crippen LogP contribution in [-0.4, -0.2) is 47.2 Å². The zero-order valence-corrected chi connectivity index (χ0v) is 16.7. The zero-order chi connectivity index (χ0) is 19.5. The Hall–Kier alpha value is -3.00. The predicted molar refractivity (Wildman–Crippen MR) is 109 cm³/mol. The van der Waals surface area contributed by atoms with Crippen LogP contribution in [0.25, 0.3) is 11.4 Å². The first-order valence-corrected chi connectivity index (χ1v) is 9.83. The molecule has 2 heterocycles. The third-order valence-electron chi connectivity index (χ3n) is 4.31. The standard InChI is InChI=1S/C20H20N4O3S/c1-4-27-15-8-5-13(6-9-15)19-21-22-20-24(19)23-16(12-28-20)14-7-10-17(25-2)18(11-14)26-3/h5-11H,4,12H2,1-3H3. The first kappa shape index (κ1) is 18.4. The fourth-order valence-corrected chi connectivity index (χ4v) is 3.77. The first-order valence-electron chi connectivity index (χ1n) is 8.85. The van der Waals surface area contributed by atoms with Crippen LogP contribution in [0.2, 0.25) is 0 Å². The van der Waals surface area contributed by atoms with Crippen molar-refractivity contribution in [1.29, 1.82) is 0 Å². The number of rotatable bonds is 6. The van der Waals surface area contributed by atoms with E-state index in [0.717, 1.165) is 27.7 Å². The summed E-state index contributed by atoms with van der Waals surface area (Å²) in [6.07, 6.45) is 0. The molecular formula is C20H20N4O3S. The average Bonchev–Trinajstić information content (AvgIpc) is 3.17. The minimum absolute atomic E-state index is 0.634. The molecule has 0 bridgehead atoms. The number of benzene rings is 2. The Morgan fingerprint density at radius 2 is 1.71 bits per heavy atom. The lowest BCUT2D eigenvalue weighted by molar-refractivity contribution is 0.340. The SMILES string of the molecule is CCOc1ccc(-c2nnc3n2N=C(c2ccc(OC)c(OC)c2)CS3)cc1. The fraction of sp³-hybridized carbons (Fsp3) is 0.250. The van der Waals surface area contributed by atoms with Crippen molar-refractivity contribution in [3.05, 3.63) is 48.0 Å². The Bertz CT molecular complexity index is 1010. The Morgan fingerprint density at radius 1 is 0.964 bits per heavy atom. The maximum atomic E-state index is 5.51. The Morgan fingerprint density at radius 3 is 2.43 bits per heavy atom. The highest BCUT2D eigenvalue weighted by Crippen LogP contribution is 2.32. The van der Waals surface area contributed by atoms with Gasteiger partial charge in [-0.1, -0.05) is 11.8 Å². The number of hydrogen-bond donors (Lipinski definition) is 0. The molecule has 8 heteroatoms. The van der Waals surface area contributed by atoms with Crippen LogP contribution in [-0.2, 0) is 0 Å². The van der Waals surface area contributed by atoms with E-state index in [2.05, 4.69) is 10.2 Å². The van der Waals surface area contributed by atoms with E-state index in [4.69, 9.17) is 19.3 Å². The van der Waals surface area contributed by atoms with Gasteiger partial charge in [0.2, 0.25) is 5.16 Å². The molecule has 1 aliphatic heterocycles. The van der Waals surface area contributed by atoms with Crippen molar-refractivity contribution in [2.24, 2.45) is 5.10 Å². The number of ether oxygens (including phenoxy) is 3. The van der Waals surface area contributed by atoms with E-state index in [9.17, 15) is 0 Å². The molecule has 0 N–H and O–H groups in total. The molecule has 144 valence electrons. The molecule has 0 spiro atoms. The van der Waals surface area contributed by atoms with Crippen LogP contribution >= 0.6 is 11.8 Å². The lowest BCUT2D eigenvalue weighted by Gasteiger charge is -2.15. The third-order valence-corrected chi connectivity index (χ3v) is 5.24. The van der Waals surface area contributed by atoms with Gasteiger partial charge in [-0.2, -0.15) is 9.78 Å². The summed E-state index contributed by atoms with van der Waals surface area (Å²) < 4.78 is 18.0. The van der Waals surface area contributed by atoms with Gasteiger partial charge >= 0.3 is 0 Å². The Labute approximate surface area is 167 Å². The van der Waals surface area contributed by atoms with Crippen LogP contribution in [0.15, 0.2) is 52.7 Å². The summed E-state index contributed by atoms with van der Waals surface area (Å²) in [5.74, 6) is 3.60. The van der Waals surface area contributed by atoms with E-state index < -0.39 is 0 Å². The van der Waals surface area contributed by atoms with Crippen LogP contribution in [0.5, 0.6) is 17.2 Å². The number of aromatic nitrogens is 3. The molecule has 0 amide bonds. The van der Waals surface area contributed by atoms with Gasteiger partial charge in [0.1, 0.15) is 5.75 Å². The van der Waals surface area contributed by atoms with Gasteiger partial charge in [-0.05, 0) is 49.4 Å². The van der Waals surface area contributed by atoms with Gasteiger partial charge in [0, 0.05) is 16.9 Å². The molecule has 0 atom stereocenters. The summed E-state index contributed by atoms with van der Waals surface area (Å²) in [6.45, 7) is 2.60. The van der Waals surface area contributed by atoms with E-state index in [0.29, 0.717) is 29.7 Å². The highest BCUT2D eigenvalue weighted by atomic mass is 32.2. The second kappa shape index (κ2) is 7.93. The summed E-state index contributed by atoms with van der Waals surface area (Å²) in [5, 5.41) is 14.2. The highest BCUT2D eigenvalue weighted by Gasteiger charge is 2.21. The second-order valence-corrected chi connectivity index (χ2v) is 6.92. The van der Waals surface area contributed by atoms with Gasteiger partial charge in [0.05, 0.1) is 26.5 Å². The molecule has 1 aromatic heterocycles. The molecular weight excluding hydrogens is 376 g/mol. The monoisotopic (exact) mass is 396 g/mol. The molecule has 7 nitrogen and oxygen atoms in total. The zero-order valence-electron chi connectivity index (χ0n) is 15.9. The highest BCUT2D eigenvalue weighted by molar-refractivity contribution is 7.99. The summed E-state index contributed by atoms with van der Waals surface area (Å²) in [5.41, 5.74) is 2.83. The van der Waals surface area contributed by atoms with E-state index in [-0.39, 0.29) is 0 Å². The third kappa shape index (κ3) is 3.43. The molecule has 2 aromatic carbocycles. The molecule has 0 fully saturated rings. The number of thioether (sulfide) groups is 1. The van der Waals surface area contributed by atoms with Gasteiger partial charge in [-0.15, -0.1) is 10.2 Å². The Kier molecular flexibility index (Phi) is 5.21. The van der Waals surface area contributed by atoms with Gasteiger partial charge < -0.3 is 14.2 Å². The first-order chi connectivity index (χ1) is 13.7. The van der Waals surface area contributed by atoms with Crippen molar-refractivity contribution in [2.45, 2.75) is 12.1 Å². The molecule has 28 heavy (non-hydrogen) atoms. The van der Waals surface area contributed by atoms with E-state index in [1.807, 2.05) is 49.4 Å². The van der Waals surface area contributed by atoms with E-state index >= 15 is 0 Å². The van der Waals surface area contributed by atoms with Crippen molar-refractivity contribution in [2.75, 3.05) is 26.6 Å². The van der Waals surface area contributed by atoms with Crippen molar-refractivity contribution in [1.82, 2.24) is 14.9 Å². The molecule has 4 rings (SSSR count). The van der Waals surface area contributed by atoms with Crippen LogP contribution < -0.4 is 14.2 Å². The maximum Gasteiger partial charge on any atom is 0.212 e. The van der Waals surface area contributed by atoms with Crippen LogP contribution in [0.1, 0.15) is 12.5 Å². The summed E-state index contributed by atoms with van der Waals surface area (Å²) >= 11 is 1.60. The van der Waals surface area contributed by atoms with Crippen molar-refractivity contribution >= 4 is 17.5 Å². The lowest BCUT2D eigenvalue weighted by atomic mass is 10.1. The Balaban J connectivity index is 1.70. The smallest absolute Gasteiger partial charge is 0.212 e. The summed E-state index contributed by atoms with van der Waals surface area (Å²) in [4.78, 5) is 0. The minimum Gasteiger partial charge on any atom is -0.494 e. The van der Waals surface area contributed by atoms with E-state index in [1.165, 1.54) is 0 Å². The predicted octanol–water partition coefficient (Wildman–Crippen LogP) is 3.72.